The minimum atomic E-state index is -0.301. The van der Waals surface area contributed by atoms with Gasteiger partial charge in [0, 0.05) is 12.2 Å². The highest BCUT2D eigenvalue weighted by atomic mass is 16.5. The molecule has 2 rings (SSSR count). The van der Waals surface area contributed by atoms with Gasteiger partial charge in [-0.3, -0.25) is 9.89 Å². The Hall–Kier alpha value is -1.40. The number of carbonyl (C=O) groups is 1. The molecule has 1 saturated heterocycles. The van der Waals surface area contributed by atoms with Crippen LogP contribution in [0.25, 0.3) is 0 Å². The van der Waals surface area contributed by atoms with E-state index in [-0.39, 0.29) is 30.6 Å². The number of morpholine rings is 1. The molecule has 20 heavy (non-hydrogen) atoms. The Bertz CT molecular complexity index is 484. The minimum absolute atomic E-state index is 0.000359. The fourth-order valence-electron chi connectivity index (χ4n) is 2.49. The molecule has 0 bridgehead atoms. The summed E-state index contributed by atoms with van der Waals surface area (Å²) in [6, 6.07) is -0.000359. The average Bonchev–Trinajstić information content (AvgIpc) is 2.80. The van der Waals surface area contributed by atoms with Crippen LogP contribution in [-0.2, 0) is 4.74 Å². The number of hydrogen-bond donors (Lipinski definition) is 2. The van der Waals surface area contributed by atoms with E-state index in [2.05, 4.69) is 10.2 Å². The molecular formula is C14H23N3O3. The number of ether oxygens (including phenoxy) is 1. The van der Waals surface area contributed by atoms with Gasteiger partial charge in [0.2, 0.25) is 0 Å². The van der Waals surface area contributed by atoms with Crippen molar-refractivity contribution in [2.24, 2.45) is 0 Å². The summed E-state index contributed by atoms with van der Waals surface area (Å²) in [5.41, 5.74) is 2.25. The number of aromatic nitrogens is 2. The lowest BCUT2D eigenvalue weighted by atomic mass is 10.0. The van der Waals surface area contributed by atoms with Crippen LogP contribution in [0.1, 0.15) is 48.4 Å². The second-order valence-corrected chi connectivity index (χ2v) is 5.71. The molecule has 1 amide bonds. The molecule has 1 fully saturated rings. The first-order valence-electron chi connectivity index (χ1n) is 7.04. The number of aliphatic hydroxyl groups is 1. The van der Waals surface area contributed by atoms with Crippen LogP contribution in [0.3, 0.4) is 0 Å². The van der Waals surface area contributed by atoms with Crippen molar-refractivity contribution in [1.29, 1.82) is 0 Å². The van der Waals surface area contributed by atoms with Crippen molar-refractivity contribution in [2.45, 2.75) is 45.8 Å². The number of hydrogen-bond acceptors (Lipinski definition) is 4. The van der Waals surface area contributed by atoms with Crippen molar-refractivity contribution in [3.63, 3.8) is 0 Å². The number of aromatic amines is 1. The molecule has 0 radical (unpaired) electrons. The van der Waals surface area contributed by atoms with Crippen molar-refractivity contribution in [2.75, 3.05) is 19.8 Å². The zero-order chi connectivity index (χ0) is 14.9. The Balaban J connectivity index is 2.28. The van der Waals surface area contributed by atoms with Gasteiger partial charge >= 0.3 is 0 Å². The first-order chi connectivity index (χ1) is 9.45. The van der Waals surface area contributed by atoms with E-state index in [1.54, 1.807) is 4.90 Å². The summed E-state index contributed by atoms with van der Waals surface area (Å²) >= 11 is 0. The van der Waals surface area contributed by atoms with E-state index >= 15 is 0 Å². The second-order valence-electron chi connectivity index (χ2n) is 5.71. The molecule has 2 atom stereocenters. The Morgan fingerprint density at radius 3 is 2.90 bits per heavy atom. The number of carbonyl (C=O) groups excluding carboxylic acids is 1. The third-order valence-electron chi connectivity index (χ3n) is 3.71. The average molecular weight is 281 g/mol. The summed E-state index contributed by atoms with van der Waals surface area (Å²) in [6.45, 7) is 8.65. The van der Waals surface area contributed by atoms with Crippen molar-refractivity contribution in [1.82, 2.24) is 15.1 Å². The van der Waals surface area contributed by atoms with Gasteiger partial charge in [0.25, 0.3) is 5.91 Å². The molecule has 6 heteroatoms. The first kappa shape index (κ1) is 15.0. The summed E-state index contributed by atoms with van der Waals surface area (Å²) in [7, 11) is 0. The van der Waals surface area contributed by atoms with Gasteiger partial charge in [-0.15, -0.1) is 0 Å². The van der Waals surface area contributed by atoms with Gasteiger partial charge in [-0.2, -0.15) is 5.10 Å². The molecule has 2 N–H and O–H groups in total. The van der Waals surface area contributed by atoms with Gasteiger partial charge < -0.3 is 14.7 Å². The van der Waals surface area contributed by atoms with Crippen molar-refractivity contribution >= 4 is 5.91 Å². The van der Waals surface area contributed by atoms with Crippen molar-refractivity contribution < 1.29 is 14.6 Å². The zero-order valence-electron chi connectivity index (χ0n) is 12.5. The summed E-state index contributed by atoms with van der Waals surface area (Å²) in [5.74, 6) is 0.151. The van der Waals surface area contributed by atoms with E-state index in [0.717, 1.165) is 11.4 Å². The Kier molecular flexibility index (Phi) is 4.45. The van der Waals surface area contributed by atoms with E-state index in [0.29, 0.717) is 18.7 Å². The van der Waals surface area contributed by atoms with Crippen LogP contribution in [0.15, 0.2) is 0 Å². The summed E-state index contributed by atoms with van der Waals surface area (Å²) in [5, 5.41) is 16.4. The monoisotopic (exact) mass is 281 g/mol. The molecule has 0 saturated carbocycles. The molecule has 1 aliphatic heterocycles. The maximum absolute atomic E-state index is 12.8. The topological polar surface area (TPSA) is 78.5 Å². The molecule has 1 aliphatic rings. The van der Waals surface area contributed by atoms with Gasteiger partial charge in [0.15, 0.2) is 0 Å². The largest absolute Gasteiger partial charge is 0.394 e. The van der Waals surface area contributed by atoms with E-state index in [1.807, 2.05) is 27.7 Å². The normalized spacial score (nSPS) is 23.4. The molecular weight excluding hydrogens is 258 g/mol. The summed E-state index contributed by atoms with van der Waals surface area (Å²) < 4.78 is 5.48. The maximum atomic E-state index is 12.8. The molecule has 6 nitrogen and oxygen atoms in total. The van der Waals surface area contributed by atoms with Crippen LogP contribution in [0, 0.1) is 6.92 Å². The van der Waals surface area contributed by atoms with Gasteiger partial charge in [0.05, 0.1) is 36.6 Å². The lowest BCUT2D eigenvalue weighted by Crippen LogP contribution is -2.52. The van der Waals surface area contributed by atoms with Gasteiger partial charge in [0.1, 0.15) is 0 Å². The molecule has 1 aromatic heterocycles. The van der Waals surface area contributed by atoms with E-state index in [1.165, 1.54) is 0 Å². The highest BCUT2D eigenvalue weighted by Crippen LogP contribution is 2.23. The van der Waals surface area contributed by atoms with Gasteiger partial charge in [-0.05, 0) is 19.8 Å². The number of rotatable bonds is 3. The maximum Gasteiger partial charge on any atom is 0.258 e. The quantitative estimate of drug-likeness (QED) is 0.868. The van der Waals surface area contributed by atoms with Gasteiger partial charge in [-0.1, -0.05) is 13.8 Å². The van der Waals surface area contributed by atoms with E-state index in [9.17, 15) is 9.90 Å². The predicted octanol–water partition coefficient (Wildman–Crippen LogP) is 1.06. The summed E-state index contributed by atoms with van der Waals surface area (Å²) in [6.07, 6.45) is -0.301. The molecule has 0 aromatic carbocycles. The summed E-state index contributed by atoms with van der Waals surface area (Å²) in [4.78, 5) is 14.6. The molecule has 1 aromatic rings. The molecule has 2 heterocycles. The fraction of sp³-hybridized carbons (Fsp3) is 0.714. The first-order valence-corrected chi connectivity index (χ1v) is 7.04. The van der Waals surface area contributed by atoms with Crippen molar-refractivity contribution in [3.8, 4) is 0 Å². The standard InChI is InChI=1S/C14H23N3O3/c1-8(2)13-12(10(4)15-16-13)14(19)17-5-11(6-18)20-7-9(17)3/h8-9,11,18H,5-7H2,1-4H3,(H,15,16). The molecule has 0 aliphatic carbocycles. The van der Waals surface area contributed by atoms with Gasteiger partial charge in [-0.25, -0.2) is 0 Å². The number of nitrogens with one attached hydrogen (secondary N) is 1. The third-order valence-corrected chi connectivity index (χ3v) is 3.71. The Morgan fingerprint density at radius 2 is 2.30 bits per heavy atom. The molecule has 0 spiro atoms. The minimum Gasteiger partial charge on any atom is -0.394 e. The SMILES string of the molecule is Cc1[nH]nc(C(C)C)c1C(=O)N1CC(CO)OCC1C. The van der Waals surface area contributed by atoms with Crippen LogP contribution in [-0.4, -0.2) is 58.0 Å². The van der Waals surface area contributed by atoms with Crippen LogP contribution in [0.2, 0.25) is 0 Å². The molecule has 2 unspecified atom stereocenters. The third kappa shape index (κ3) is 2.71. The van der Waals surface area contributed by atoms with E-state index in [4.69, 9.17) is 4.74 Å². The smallest absolute Gasteiger partial charge is 0.258 e. The lowest BCUT2D eigenvalue weighted by molar-refractivity contribution is -0.0667. The van der Waals surface area contributed by atoms with Crippen LogP contribution in [0.5, 0.6) is 0 Å². The number of aliphatic hydroxyl groups excluding tert-OH is 1. The highest BCUT2D eigenvalue weighted by molar-refractivity contribution is 5.96. The van der Waals surface area contributed by atoms with Crippen LogP contribution >= 0.6 is 0 Å². The predicted molar refractivity (Wildman–Crippen MR) is 74.7 cm³/mol. The van der Waals surface area contributed by atoms with E-state index < -0.39 is 0 Å². The number of aryl methyl sites for hydroxylation is 1. The highest BCUT2D eigenvalue weighted by Gasteiger charge is 2.33. The molecule has 112 valence electrons. The second kappa shape index (κ2) is 5.93. The van der Waals surface area contributed by atoms with Crippen molar-refractivity contribution in [3.05, 3.63) is 17.0 Å². The number of amides is 1. The Morgan fingerprint density at radius 1 is 1.60 bits per heavy atom. The van der Waals surface area contributed by atoms with Crippen LogP contribution in [0.4, 0.5) is 0 Å². The Labute approximate surface area is 119 Å². The van der Waals surface area contributed by atoms with Crippen LogP contribution < -0.4 is 0 Å². The zero-order valence-corrected chi connectivity index (χ0v) is 12.5. The number of H-pyrrole nitrogens is 1. The number of nitrogens with zero attached hydrogens (tertiary/aromatic N) is 2. The fourth-order valence-corrected chi connectivity index (χ4v) is 2.49. The lowest BCUT2D eigenvalue weighted by Gasteiger charge is -2.37.